The van der Waals surface area contributed by atoms with Crippen molar-refractivity contribution >= 4 is 23.7 Å². The number of amides is 1. The van der Waals surface area contributed by atoms with E-state index < -0.39 is 0 Å². The predicted octanol–water partition coefficient (Wildman–Crippen LogP) is 4.34. The number of aromatic amines is 1. The summed E-state index contributed by atoms with van der Waals surface area (Å²) < 4.78 is 4.84. The number of alkyl carbamates (subject to hydrolysis) is 1. The number of nitrogens with one attached hydrogen (secondary N) is 3. The van der Waals surface area contributed by atoms with E-state index in [1.807, 2.05) is 33.0 Å². The van der Waals surface area contributed by atoms with Gasteiger partial charge in [0.1, 0.15) is 11.4 Å². The Morgan fingerprint density at radius 1 is 1.16 bits per heavy atom. The van der Waals surface area contributed by atoms with Crippen LogP contribution >= 0.6 is 0 Å². The van der Waals surface area contributed by atoms with Crippen molar-refractivity contribution < 1.29 is 9.53 Å². The number of ether oxygens (including phenoxy) is 1. The second-order valence-corrected chi connectivity index (χ2v) is 9.00. The molecule has 1 saturated carbocycles. The Morgan fingerprint density at radius 2 is 1.87 bits per heavy atom. The molecule has 1 amide bonds. The van der Waals surface area contributed by atoms with Gasteiger partial charge in [-0.05, 0) is 52.5 Å². The molecule has 9 heteroatoms. The average molecular weight is 430 g/mol. The van der Waals surface area contributed by atoms with Gasteiger partial charge in [-0.3, -0.25) is 5.10 Å². The van der Waals surface area contributed by atoms with Crippen LogP contribution in [0.25, 0.3) is 0 Å². The Kier molecular flexibility index (Phi) is 7.70. The van der Waals surface area contributed by atoms with E-state index in [2.05, 4.69) is 41.8 Å². The molecule has 2 aliphatic rings. The van der Waals surface area contributed by atoms with Crippen LogP contribution in [0, 0.1) is 0 Å². The number of rotatable bonds is 4. The fourth-order valence-electron chi connectivity index (χ4n) is 3.79. The van der Waals surface area contributed by atoms with E-state index in [4.69, 9.17) is 4.74 Å². The molecule has 0 aromatic carbocycles. The van der Waals surface area contributed by atoms with E-state index in [1.165, 1.54) is 51.3 Å². The largest absolute Gasteiger partial charge is 0.444 e. The Balaban J connectivity index is 0.000000259. The van der Waals surface area contributed by atoms with E-state index in [0.717, 1.165) is 30.7 Å². The Morgan fingerprint density at radius 3 is 2.48 bits per heavy atom. The van der Waals surface area contributed by atoms with Crippen LogP contribution in [0.4, 0.5) is 22.4 Å². The molecule has 3 N–H and O–H groups in total. The van der Waals surface area contributed by atoms with Crippen LogP contribution in [-0.4, -0.2) is 52.0 Å². The number of anilines is 3. The summed E-state index contributed by atoms with van der Waals surface area (Å²) in [4.78, 5) is 21.7. The number of hydrogen-bond donors (Lipinski definition) is 3. The zero-order valence-electron chi connectivity index (χ0n) is 19.1. The lowest BCUT2D eigenvalue weighted by Crippen LogP contribution is -2.30. The van der Waals surface area contributed by atoms with Gasteiger partial charge in [-0.2, -0.15) is 10.1 Å². The van der Waals surface area contributed by atoms with Crippen molar-refractivity contribution in [2.24, 2.45) is 0 Å². The maximum Gasteiger partial charge on any atom is 0.407 e. The Labute approximate surface area is 184 Å². The SMILES string of the molecule is CNC(=O)OC(C)(C)C.c1cc(Nc2cc(C3CCCC3)[nH]n2)nc(N2CCCC2)n1. The number of H-pyrrole nitrogens is 1. The van der Waals surface area contributed by atoms with E-state index >= 15 is 0 Å². The van der Waals surface area contributed by atoms with Gasteiger partial charge in [0.2, 0.25) is 5.95 Å². The molecule has 0 spiro atoms. The van der Waals surface area contributed by atoms with Gasteiger partial charge in [0, 0.05) is 44.0 Å². The molecule has 2 aromatic heterocycles. The van der Waals surface area contributed by atoms with Crippen LogP contribution in [0.5, 0.6) is 0 Å². The summed E-state index contributed by atoms with van der Waals surface area (Å²) in [7, 11) is 1.54. The van der Waals surface area contributed by atoms with E-state index in [-0.39, 0.29) is 11.7 Å². The van der Waals surface area contributed by atoms with Crippen molar-refractivity contribution in [2.45, 2.75) is 70.8 Å². The molecule has 3 heterocycles. The summed E-state index contributed by atoms with van der Waals surface area (Å²) in [6.07, 6.45) is 9.09. The van der Waals surface area contributed by atoms with Gasteiger partial charge in [-0.25, -0.2) is 9.78 Å². The molecule has 0 unspecified atom stereocenters. The molecule has 0 atom stereocenters. The molecule has 1 aliphatic heterocycles. The first-order chi connectivity index (χ1) is 14.8. The van der Waals surface area contributed by atoms with E-state index in [0.29, 0.717) is 5.92 Å². The summed E-state index contributed by atoms with van der Waals surface area (Å²) in [6, 6.07) is 4.01. The Bertz CT molecular complexity index is 834. The number of carbonyl (C=O) groups is 1. The van der Waals surface area contributed by atoms with Gasteiger partial charge in [0.15, 0.2) is 5.82 Å². The Hall–Kier alpha value is -2.84. The molecule has 2 aromatic rings. The molecule has 0 radical (unpaired) electrons. The van der Waals surface area contributed by atoms with Crippen LogP contribution in [0.1, 0.15) is 70.9 Å². The van der Waals surface area contributed by atoms with Crippen LogP contribution < -0.4 is 15.5 Å². The molecule has 9 nitrogen and oxygen atoms in total. The standard InChI is InChI=1S/C16H22N6.C6H13NO2/c1-2-6-12(5-1)13-11-15(21-20-13)18-14-7-8-17-16(19-14)22-9-3-4-10-22;1-6(2,3)9-5(8)7-4/h7-8,11-12H,1-6,9-10H2,(H2,17,18,19,20,21);1-4H3,(H,7,8). The van der Waals surface area contributed by atoms with Gasteiger partial charge in [-0.15, -0.1) is 0 Å². The fourth-order valence-corrected chi connectivity index (χ4v) is 3.79. The van der Waals surface area contributed by atoms with Gasteiger partial charge in [0.25, 0.3) is 0 Å². The first kappa shape index (κ1) is 22.8. The van der Waals surface area contributed by atoms with Gasteiger partial charge < -0.3 is 20.3 Å². The summed E-state index contributed by atoms with van der Waals surface area (Å²) in [5, 5.41) is 13.2. The predicted molar refractivity (Wildman–Crippen MR) is 122 cm³/mol. The summed E-state index contributed by atoms with van der Waals surface area (Å²) in [5.41, 5.74) is 0.855. The quantitative estimate of drug-likeness (QED) is 0.663. The number of carbonyl (C=O) groups excluding carboxylic acids is 1. The minimum Gasteiger partial charge on any atom is -0.444 e. The second-order valence-electron chi connectivity index (χ2n) is 9.00. The van der Waals surface area contributed by atoms with Crippen molar-refractivity contribution in [1.82, 2.24) is 25.5 Å². The summed E-state index contributed by atoms with van der Waals surface area (Å²) in [5.74, 6) is 3.11. The summed E-state index contributed by atoms with van der Waals surface area (Å²) in [6.45, 7) is 7.57. The first-order valence-electron chi connectivity index (χ1n) is 11.1. The van der Waals surface area contributed by atoms with Crippen LogP contribution in [0.15, 0.2) is 18.3 Å². The zero-order chi connectivity index (χ0) is 22.3. The molecule has 1 saturated heterocycles. The lowest BCUT2D eigenvalue weighted by molar-refractivity contribution is 0.0541. The highest BCUT2D eigenvalue weighted by Crippen LogP contribution is 2.34. The minimum absolute atomic E-state index is 0.387. The highest BCUT2D eigenvalue weighted by molar-refractivity contribution is 5.67. The third-order valence-corrected chi connectivity index (χ3v) is 5.28. The molecule has 1 aliphatic carbocycles. The van der Waals surface area contributed by atoms with Crippen molar-refractivity contribution in [3.05, 3.63) is 24.0 Å². The normalized spacial score (nSPS) is 16.6. The highest BCUT2D eigenvalue weighted by atomic mass is 16.6. The van der Waals surface area contributed by atoms with Crippen LogP contribution in [0.2, 0.25) is 0 Å². The minimum atomic E-state index is -0.389. The average Bonchev–Trinajstić information content (AvgIpc) is 3.49. The lowest BCUT2D eigenvalue weighted by atomic mass is 10.0. The molecular weight excluding hydrogens is 394 g/mol. The molecule has 4 rings (SSSR count). The zero-order valence-corrected chi connectivity index (χ0v) is 19.1. The van der Waals surface area contributed by atoms with Crippen molar-refractivity contribution in [3.63, 3.8) is 0 Å². The third kappa shape index (κ3) is 7.11. The molecular formula is C22H35N7O2. The molecule has 2 fully saturated rings. The number of hydrogen-bond acceptors (Lipinski definition) is 7. The van der Waals surface area contributed by atoms with Gasteiger partial charge >= 0.3 is 6.09 Å². The molecule has 0 bridgehead atoms. The number of nitrogens with zero attached hydrogens (tertiary/aromatic N) is 4. The first-order valence-corrected chi connectivity index (χ1v) is 11.1. The highest BCUT2D eigenvalue weighted by Gasteiger charge is 2.20. The lowest BCUT2D eigenvalue weighted by Gasteiger charge is -2.18. The van der Waals surface area contributed by atoms with Crippen LogP contribution in [0.3, 0.4) is 0 Å². The molecule has 170 valence electrons. The van der Waals surface area contributed by atoms with Gasteiger partial charge in [-0.1, -0.05) is 12.8 Å². The topological polar surface area (TPSA) is 108 Å². The number of aromatic nitrogens is 4. The maximum atomic E-state index is 10.5. The van der Waals surface area contributed by atoms with Crippen molar-refractivity contribution in [2.75, 3.05) is 30.4 Å². The van der Waals surface area contributed by atoms with Crippen molar-refractivity contribution in [1.29, 1.82) is 0 Å². The molecule has 31 heavy (non-hydrogen) atoms. The third-order valence-electron chi connectivity index (χ3n) is 5.28. The fraction of sp³-hybridized carbons (Fsp3) is 0.636. The van der Waals surface area contributed by atoms with E-state index in [9.17, 15) is 4.79 Å². The van der Waals surface area contributed by atoms with Crippen molar-refractivity contribution in [3.8, 4) is 0 Å². The monoisotopic (exact) mass is 429 g/mol. The smallest absolute Gasteiger partial charge is 0.407 e. The summed E-state index contributed by atoms with van der Waals surface area (Å²) >= 11 is 0. The maximum absolute atomic E-state index is 10.5. The second kappa shape index (κ2) is 10.5. The van der Waals surface area contributed by atoms with Gasteiger partial charge in [0.05, 0.1) is 0 Å². The van der Waals surface area contributed by atoms with Crippen LogP contribution in [-0.2, 0) is 4.74 Å². The van der Waals surface area contributed by atoms with E-state index in [1.54, 1.807) is 0 Å².